The van der Waals surface area contributed by atoms with E-state index in [4.69, 9.17) is 8.85 Å². The SMILES string of the molecule is CCO[Si](N=Nc1ccccc1)(OCC)c1ccccc1. The summed E-state index contributed by atoms with van der Waals surface area (Å²) in [6.07, 6.45) is 0. The van der Waals surface area contributed by atoms with E-state index in [2.05, 4.69) is 9.89 Å². The summed E-state index contributed by atoms with van der Waals surface area (Å²) in [6, 6.07) is 19.5. The van der Waals surface area contributed by atoms with Crippen molar-refractivity contribution in [1.29, 1.82) is 0 Å². The van der Waals surface area contributed by atoms with Crippen molar-refractivity contribution in [2.75, 3.05) is 13.2 Å². The Balaban J connectivity index is 2.37. The Morgan fingerprint density at radius 2 is 1.33 bits per heavy atom. The predicted molar refractivity (Wildman–Crippen MR) is 86.0 cm³/mol. The molecule has 2 aromatic carbocycles. The van der Waals surface area contributed by atoms with Crippen molar-refractivity contribution in [3.05, 3.63) is 60.7 Å². The van der Waals surface area contributed by atoms with Crippen molar-refractivity contribution >= 4 is 19.6 Å². The summed E-state index contributed by atoms with van der Waals surface area (Å²) < 4.78 is 16.4. The van der Waals surface area contributed by atoms with Crippen LogP contribution in [0.15, 0.2) is 70.6 Å². The van der Waals surface area contributed by atoms with Crippen LogP contribution in [0.3, 0.4) is 0 Å². The molecular formula is C16H20N2O2Si. The predicted octanol–water partition coefficient (Wildman–Crippen LogP) is 3.69. The summed E-state index contributed by atoms with van der Waals surface area (Å²) in [5.41, 5.74) is 0.796. The Bertz CT molecular complexity index is 555. The molecular weight excluding hydrogens is 280 g/mol. The van der Waals surface area contributed by atoms with Crippen LogP contribution in [0.4, 0.5) is 5.69 Å². The Labute approximate surface area is 126 Å². The summed E-state index contributed by atoms with van der Waals surface area (Å²) in [5, 5.41) is 5.30. The molecule has 0 N–H and O–H groups in total. The van der Waals surface area contributed by atoms with E-state index in [0.29, 0.717) is 13.2 Å². The lowest BCUT2D eigenvalue weighted by Crippen LogP contribution is -2.52. The van der Waals surface area contributed by atoms with E-state index in [9.17, 15) is 0 Å². The fourth-order valence-electron chi connectivity index (χ4n) is 1.98. The van der Waals surface area contributed by atoms with Crippen LogP contribution in [0.5, 0.6) is 0 Å². The maximum absolute atomic E-state index is 5.93. The third-order valence-corrected chi connectivity index (χ3v) is 5.66. The molecule has 0 spiro atoms. The Morgan fingerprint density at radius 1 is 0.810 bits per heavy atom. The Kier molecular flexibility index (Phi) is 5.80. The largest absolute Gasteiger partial charge is 0.532 e. The molecule has 0 heterocycles. The van der Waals surface area contributed by atoms with Crippen LogP contribution in [-0.2, 0) is 8.85 Å². The number of hydrogen-bond acceptors (Lipinski definition) is 4. The fraction of sp³-hybridized carbons (Fsp3) is 0.250. The van der Waals surface area contributed by atoms with Gasteiger partial charge >= 0.3 is 8.72 Å². The van der Waals surface area contributed by atoms with Crippen LogP contribution in [0.2, 0.25) is 0 Å². The maximum atomic E-state index is 5.93. The molecule has 0 fully saturated rings. The van der Waals surface area contributed by atoms with Crippen molar-refractivity contribution < 1.29 is 8.85 Å². The van der Waals surface area contributed by atoms with Gasteiger partial charge in [0.1, 0.15) is 0 Å². The first-order valence-electron chi connectivity index (χ1n) is 7.12. The monoisotopic (exact) mass is 300 g/mol. The Hall–Kier alpha value is -1.82. The van der Waals surface area contributed by atoms with Gasteiger partial charge in [0.05, 0.1) is 5.69 Å². The van der Waals surface area contributed by atoms with Gasteiger partial charge in [-0.3, -0.25) is 0 Å². The molecule has 0 aliphatic carbocycles. The summed E-state index contributed by atoms with van der Waals surface area (Å²) >= 11 is 0. The number of nitrogens with zero attached hydrogens (tertiary/aromatic N) is 2. The van der Waals surface area contributed by atoms with Crippen molar-refractivity contribution in [1.82, 2.24) is 0 Å². The molecule has 0 aliphatic rings. The molecule has 110 valence electrons. The second-order valence-electron chi connectivity index (χ2n) is 4.35. The lowest BCUT2D eigenvalue weighted by Gasteiger charge is -2.24. The van der Waals surface area contributed by atoms with Crippen molar-refractivity contribution in [2.24, 2.45) is 9.89 Å². The molecule has 5 heteroatoms. The van der Waals surface area contributed by atoms with Crippen LogP contribution < -0.4 is 5.19 Å². The molecule has 0 unspecified atom stereocenters. The summed E-state index contributed by atoms with van der Waals surface area (Å²) in [4.78, 5) is 0. The van der Waals surface area contributed by atoms with Crippen molar-refractivity contribution in [2.45, 2.75) is 13.8 Å². The minimum Gasteiger partial charge on any atom is -0.373 e. The smallest absolute Gasteiger partial charge is 0.373 e. The third-order valence-electron chi connectivity index (χ3n) is 2.87. The van der Waals surface area contributed by atoms with Crippen molar-refractivity contribution in [3.63, 3.8) is 0 Å². The van der Waals surface area contributed by atoms with Crippen LogP contribution in [-0.4, -0.2) is 21.9 Å². The quantitative estimate of drug-likeness (QED) is 0.578. The molecule has 0 aromatic heterocycles. The molecule has 0 aliphatic heterocycles. The van der Waals surface area contributed by atoms with E-state index in [1.165, 1.54) is 0 Å². The average Bonchev–Trinajstić information content (AvgIpc) is 2.55. The zero-order chi connectivity index (χ0) is 15.0. The normalized spacial score (nSPS) is 11.9. The van der Waals surface area contributed by atoms with E-state index >= 15 is 0 Å². The second kappa shape index (κ2) is 7.83. The van der Waals surface area contributed by atoms with E-state index in [-0.39, 0.29) is 0 Å². The van der Waals surface area contributed by atoms with Gasteiger partial charge in [0.2, 0.25) is 0 Å². The highest BCUT2D eigenvalue weighted by Gasteiger charge is 2.42. The average molecular weight is 300 g/mol. The van der Waals surface area contributed by atoms with Gasteiger partial charge < -0.3 is 8.85 Å². The highest BCUT2D eigenvalue weighted by Crippen LogP contribution is 2.16. The summed E-state index contributed by atoms with van der Waals surface area (Å²) in [6.45, 7) is 4.97. The molecule has 0 saturated carbocycles. The molecule has 2 rings (SSSR count). The number of rotatable bonds is 7. The van der Waals surface area contributed by atoms with Gasteiger partial charge in [0.15, 0.2) is 0 Å². The van der Waals surface area contributed by atoms with E-state index in [1.807, 2.05) is 74.5 Å². The summed E-state index contributed by atoms with van der Waals surface area (Å²) in [5.74, 6) is 0. The molecule has 0 radical (unpaired) electrons. The third kappa shape index (κ3) is 4.07. The number of hydrogen-bond donors (Lipinski definition) is 0. The minimum absolute atomic E-state index is 0.537. The molecule has 0 saturated heterocycles. The first-order valence-corrected chi connectivity index (χ1v) is 8.88. The van der Waals surface area contributed by atoms with Gasteiger partial charge in [-0.2, -0.15) is 9.89 Å². The van der Waals surface area contributed by atoms with Gasteiger partial charge in [0.25, 0.3) is 0 Å². The van der Waals surface area contributed by atoms with Gasteiger partial charge in [-0.05, 0) is 26.0 Å². The molecule has 0 atom stereocenters. The second-order valence-corrected chi connectivity index (χ2v) is 6.87. The first-order chi connectivity index (χ1) is 10.3. The van der Waals surface area contributed by atoms with Crippen LogP contribution >= 0.6 is 0 Å². The Morgan fingerprint density at radius 3 is 1.86 bits per heavy atom. The van der Waals surface area contributed by atoms with Crippen LogP contribution in [0, 0.1) is 0 Å². The van der Waals surface area contributed by atoms with Gasteiger partial charge in [0, 0.05) is 18.4 Å². The zero-order valence-corrected chi connectivity index (χ0v) is 13.4. The van der Waals surface area contributed by atoms with Crippen LogP contribution in [0.25, 0.3) is 0 Å². The van der Waals surface area contributed by atoms with Crippen molar-refractivity contribution in [3.8, 4) is 0 Å². The lowest BCUT2D eigenvalue weighted by molar-refractivity contribution is 0.195. The highest BCUT2D eigenvalue weighted by atomic mass is 28.4. The topological polar surface area (TPSA) is 43.2 Å². The molecule has 21 heavy (non-hydrogen) atoms. The molecule has 0 bridgehead atoms. The fourth-order valence-corrected chi connectivity index (χ4v) is 4.27. The first kappa shape index (κ1) is 15.6. The lowest BCUT2D eigenvalue weighted by atomic mass is 10.3. The standard InChI is InChI=1S/C16H20N2O2Si/c1-3-19-21(20-4-2,16-13-9-6-10-14-16)18-17-15-11-7-5-8-12-15/h5-14H,3-4H2,1-2H3. The van der Waals surface area contributed by atoms with Gasteiger partial charge in [-0.15, -0.1) is 0 Å². The van der Waals surface area contributed by atoms with Gasteiger partial charge in [-0.25, -0.2) is 0 Å². The minimum atomic E-state index is -2.90. The van der Waals surface area contributed by atoms with E-state index in [0.717, 1.165) is 10.9 Å². The molecule has 2 aromatic rings. The van der Waals surface area contributed by atoms with Crippen LogP contribution in [0.1, 0.15) is 13.8 Å². The maximum Gasteiger partial charge on any atom is 0.532 e. The van der Waals surface area contributed by atoms with E-state index in [1.54, 1.807) is 0 Å². The highest BCUT2D eigenvalue weighted by molar-refractivity contribution is 6.79. The molecule has 0 amide bonds. The summed E-state index contributed by atoms with van der Waals surface area (Å²) in [7, 11) is -2.90. The number of benzene rings is 2. The van der Waals surface area contributed by atoms with E-state index < -0.39 is 8.72 Å². The molecule has 4 nitrogen and oxygen atoms in total. The van der Waals surface area contributed by atoms with Gasteiger partial charge in [-0.1, -0.05) is 48.5 Å². The zero-order valence-electron chi connectivity index (χ0n) is 12.4.